The number of nitrogens with zero attached hydrogens (tertiary/aromatic N) is 3. The number of carbonyl (C=O) groups is 2. The topological polar surface area (TPSA) is 84.4 Å². The van der Waals surface area contributed by atoms with Crippen LogP contribution >= 0.6 is 11.6 Å². The molecule has 1 fully saturated rings. The van der Waals surface area contributed by atoms with E-state index in [-0.39, 0.29) is 11.6 Å². The summed E-state index contributed by atoms with van der Waals surface area (Å²) >= 11 is 6.31. The molecule has 0 bridgehead atoms. The van der Waals surface area contributed by atoms with E-state index in [0.29, 0.717) is 22.0 Å². The lowest BCUT2D eigenvalue weighted by Crippen LogP contribution is -2.46. The van der Waals surface area contributed by atoms with Crippen LogP contribution < -0.4 is 5.43 Å². The second-order valence-electron chi connectivity index (χ2n) is 7.72. The van der Waals surface area contributed by atoms with Gasteiger partial charge in [-0.05, 0) is 39.7 Å². The van der Waals surface area contributed by atoms with Crippen molar-refractivity contribution in [2.75, 3.05) is 7.05 Å². The maximum atomic E-state index is 12.9. The molecule has 0 atom stereocenters. The Bertz CT molecular complexity index is 907. The Labute approximate surface area is 169 Å². The summed E-state index contributed by atoms with van der Waals surface area (Å²) in [4.78, 5) is 34.0. The van der Waals surface area contributed by atoms with E-state index in [0.717, 1.165) is 17.9 Å². The molecule has 1 aliphatic carbocycles. The second kappa shape index (κ2) is 7.75. The van der Waals surface area contributed by atoms with Gasteiger partial charge in [0, 0.05) is 35.3 Å². The first kappa shape index (κ1) is 20.1. The Kier molecular flexibility index (Phi) is 5.56. The summed E-state index contributed by atoms with van der Waals surface area (Å²) in [5.41, 5.74) is 3.17. The number of rotatable bonds is 3. The number of hydrogen-bond acceptors (Lipinski definition) is 5. The number of benzene rings is 1. The van der Waals surface area contributed by atoms with Gasteiger partial charge in [0.05, 0.1) is 0 Å². The van der Waals surface area contributed by atoms with Gasteiger partial charge in [0.1, 0.15) is 17.1 Å². The van der Waals surface area contributed by atoms with Crippen LogP contribution in [0.15, 0.2) is 30.5 Å². The number of amides is 2. The molecule has 1 N–H and O–H groups in total. The first-order valence-corrected chi connectivity index (χ1v) is 9.43. The summed E-state index contributed by atoms with van der Waals surface area (Å²) < 4.78 is 5.26. The van der Waals surface area contributed by atoms with Gasteiger partial charge >= 0.3 is 6.09 Å². The lowest BCUT2D eigenvalue weighted by atomic mass is 10.0. The molecule has 1 aliphatic rings. The van der Waals surface area contributed by atoms with Crippen molar-refractivity contribution in [1.82, 2.24) is 20.4 Å². The third-order valence-electron chi connectivity index (χ3n) is 4.07. The molecule has 2 amide bonds. The van der Waals surface area contributed by atoms with Crippen molar-refractivity contribution in [2.24, 2.45) is 0 Å². The highest BCUT2D eigenvalue weighted by Gasteiger charge is 2.29. The zero-order valence-electron chi connectivity index (χ0n) is 16.3. The second-order valence-corrected chi connectivity index (χ2v) is 8.13. The maximum absolute atomic E-state index is 12.9. The van der Waals surface area contributed by atoms with E-state index in [9.17, 15) is 9.59 Å². The molecule has 1 aromatic heterocycles. The predicted molar refractivity (Wildman–Crippen MR) is 106 cm³/mol. The van der Waals surface area contributed by atoms with Gasteiger partial charge in [-0.15, -0.1) is 0 Å². The molecule has 1 saturated carbocycles. The number of carbonyl (C=O) groups excluding carboxylic acids is 2. The lowest BCUT2D eigenvalue weighted by molar-refractivity contribution is 0.0194. The summed E-state index contributed by atoms with van der Waals surface area (Å²) in [7, 11) is 1.42. The van der Waals surface area contributed by atoms with E-state index in [2.05, 4.69) is 15.4 Å². The summed E-state index contributed by atoms with van der Waals surface area (Å²) in [5, 5.41) is 1.49. The fourth-order valence-electron chi connectivity index (χ4n) is 2.56. The average molecular weight is 403 g/mol. The predicted octanol–water partition coefficient (Wildman–Crippen LogP) is 4.19. The number of aromatic nitrogens is 2. The smallest absolute Gasteiger partial charge is 0.428 e. The van der Waals surface area contributed by atoms with E-state index in [1.807, 2.05) is 6.07 Å². The molecule has 28 heavy (non-hydrogen) atoms. The molecule has 1 heterocycles. The molecular weight excluding hydrogens is 380 g/mol. The molecule has 8 heteroatoms. The van der Waals surface area contributed by atoms with Crippen LogP contribution in [-0.2, 0) is 4.74 Å². The van der Waals surface area contributed by atoms with Crippen molar-refractivity contribution < 1.29 is 14.3 Å². The van der Waals surface area contributed by atoms with Gasteiger partial charge < -0.3 is 4.74 Å². The zero-order valence-corrected chi connectivity index (χ0v) is 17.1. The van der Waals surface area contributed by atoms with E-state index < -0.39 is 17.6 Å². The van der Waals surface area contributed by atoms with E-state index in [4.69, 9.17) is 16.3 Å². The van der Waals surface area contributed by atoms with Crippen molar-refractivity contribution in [3.05, 3.63) is 47.0 Å². The van der Waals surface area contributed by atoms with Crippen molar-refractivity contribution in [3.8, 4) is 11.1 Å². The normalized spacial score (nSPS) is 13.8. The highest BCUT2D eigenvalue weighted by Crippen LogP contribution is 2.39. The molecule has 0 unspecified atom stereocenters. The Hall–Kier alpha value is -2.67. The van der Waals surface area contributed by atoms with Crippen LogP contribution in [0.5, 0.6) is 0 Å². The van der Waals surface area contributed by atoms with Crippen LogP contribution in [-0.4, -0.2) is 39.6 Å². The third kappa shape index (κ3) is 4.78. The lowest BCUT2D eigenvalue weighted by Gasteiger charge is -2.25. The number of hydrazine groups is 1. The molecule has 148 valence electrons. The van der Waals surface area contributed by atoms with Crippen LogP contribution in [0.2, 0.25) is 5.02 Å². The average Bonchev–Trinajstić information content (AvgIpc) is 3.45. The van der Waals surface area contributed by atoms with Gasteiger partial charge in [-0.2, -0.15) is 0 Å². The molecule has 0 radical (unpaired) electrons. The van der Waals surface area contributed by atoms with Crippen molar-refractivity contribution >= 4 is 23.6 Å². The number of hydrogen-bond donors (Lipinski definition) is 1. The molecule has 7 nitrogen and oxygen atoms in total. The van der Waals surface area contributed by atoms with Crippen LogP contribution in [0.25, 0.3) is 11.1 Å². The molecule has 0 spiro atoms. The van der Waals surface area contributed by atoms with Gasteiger partial charge in [0.15, 0.2) is 0 Å². The molecule has 2 aromatic rings. The van der Waals surface area contributed by atoms with E-state index in [1.165, 1.54) is 7.05 Å². The van der Waals surface area contributed by atoms with Gasteiger partial charge in [-0.1, -0.05) is 29.8 Å². The minimum absolute atomic E-state index is 0.167. The zero-order chi connectivity index (χ0) is 20.5. The highest BCUT2D eigenvalue weighted by atomic mass is 35.5. The Morgan fingerprint density at radius 2 is 1.89 bits per heavy atom. The highest BCUT2D eigenvalue weighted by molar-refractivity contribution is 6.33. The van der Waals surface area contributed by atoms with Crippen LogP contribution in [0, 0.1) is 0 Å². The Morgan fingerprint density at radius 3 is 2.50 bits per heavy atom. The molecular formula is C20H23ClN4O3. The first-order chi connectivity index (χ1) is 13.2. The number of nitrogens with one attached hydrogen (secondary N) is 1. The number of halogens is 1. The van der Waals surface area contributed by atoms with Crippen molar-refractivity contribution in [2.45, 2.75) is 45.1 Å². The summed E-state index contributed by atoms with van der Waals surface area (Å²) in [6, 6.07) is 7.16. The van der Waals surface area contributed by atoms with E-state index in [1.54, 1.807) is 45.2 Å². The maximum Gasteiger partial charge on any atom is 0.428 e. The monoisotopic (exact) mass is 402 g/mol. The summed E-state index contributed by atoms with van der Waals surface area (Å²) in [6.45, 7) is 5.26. The largest absolute Gasteiger partial charge is 0.442 e. The Balaban J connectivity index is 1.90. The van der Waals surface area contributed by atoms with Gasteiger partial charge in [0.25, 0.3) is 5.91 Å². The summed E-state index contributed by atoms with van der Waals surface area (Å²) in [5.74, 6) is 0.365. The van der Waals surface area contributed by atoms with Crippen LogP contribution in [0.1, 0.15) is 55.8 Å². The Morgan fingerprint density at radius 1 is 1.21 bits per heavy atom. The quantitative estimate of drug-likeness (QED) is 0.778. The third-order valence-corrected chi connectivity index (χ3v) is 4.40. The van der Waals surface area contributed by atoms with Crippen molar-refractivity contribution in [1.29, 1.82) is 0 Å². The molecule has 0 aliphatic heterocycles. The summed E-state index contributed by atoms with van der Waals surface area (Å²) in [6.07, 6.45) is 2.95. The molecule has 1 aromatic carbocycles. The first-order valence-electron chi connectivity index (χ1n) is 9.05. The fraction of sp³-hybridized carbons (Fsp3) is 0.400. The fourth-order valence-corrected chi connectivity index (χ4v) is 2.80. The van der Waals surface area contributed by atoms with Gasteiger partial charge in [-0.3, -0.25) is 10.2 Å². The van der Waals surface area contributed by atoms with Gasteiger partial charge in [-0.25, -0.2) is 19.8 Å². The van der Waals surface area contributed by atoms with E-state index >= 15 is 0 Å². The van der Waals surface area contributed by atoms with Crippen LogP contribution in [0.4, 0.5) is 4.79 Å². The molecule has 3 rings (SSSR count). The van der Waals surface area contributed by atoms with Crippen molar-refractivity contribution in [3.63, 3.8) is 0 Å². The molecule has 0 saturated heterocycles. The standard InChI is InChI=1S/C20H23ClN4O3/c1-20(2,3)28-19(27)25(4)24-18(26)16-14(13-7-5-6-8-15(13)21)11-22-17(23-16)12-9-10-12/h5-8,11-12H,9-10H2,1-4H3,(H,24,26). The minimum atomic E-state index is -0.674. The van der Waals surface area contributed by atoms with Gasteiger partial charge in [0.2, 0.25) is 0 Å². The van der Waals surface area contributed by atoms with Crippen LogP contribution in [0.3, 0.4) is 0 Å². The SMILES string of the molecule is CN(NC(=O)c1nc(C2CC2)ncc1-c1ccccc1Cl)C(=O)OC(C)(C)C. The minimum Gasteiger partial charge on any atom is -0.442 e. The number of ether oxygens (including phenoxy) is 1.